The molecule has 1 aromatic heterocycles. The molecule has 2 aromatic rings. The van der Waals surface area contributed by atoms with Crippen molar-refractivity contribution < 1.29 is 45.4 Å². The minimum atomic E-state index is -5.38. The number of nitrogens with two attached hydrogens (primary N) is 1. The number of nitrogens with zero attached hydrogens (tertiary/aromatic N) is 2. The highest BCUT2D eigenvalue weighted by Crippen LogP contribution is 2.40. The van der Waals surface area contributed by atoms with E-state index < -0.39 is 69.4 Å². The Kier molecular flexibility index (Phi) is 10.8. The van der Waals surface area contributed by atoms with E-state index in [1.807, 2.05) is 0 Å². The molecule has 0 aliphatic heterocycles. The summed E-state index contributed by atoms with van der Waals surface area (Å²) in [4.78, 5) is 29.7. The van der Waals surface area contributed by atoms with Crippen molar-refractivity contribution >= 4 is 27.7 Å². The molecule has 14 heteroatoms. The Morgan fingerprint density at radius 2 is 1.72 bits per heavy atom. The second-order valence-corrected chi connectivity index (χ2v) is 8.88. The van der Waals surface area contributed by atoms with Crippen LogP contribution in [0.15, 0.2) is 66.2 Å². The van der Waals surface area contributed by atoms with Crippen molar-refractivity contribution in [1.82, 2.24) is 9.99 Å². The number of unbranched alkanes of at least 4 members (excludes halogenated alkanes) is 1. The van der Waals surface area contributed by atoms with Crippen molar-refractivity contribution in [2.45, 2.75) is 43.8 Å². The summed E-state index contributed by atoms with van der Waals surface area (Å²) in [5.74, 6) is 0.850. The van der Waals surface area contributed by atoms with Crippen LogP contribution >= 0.6 is 15.9 Å². The number of hydrogen-bond donors (Lipinski definition) is 1. The lowest BCUT2D eigenvalue weighted by molar-refractivity contribution is -0.273. The fourth-order valence-electron chi connectivity index (χ4n) is 3.24. The van der Waals surface area contributed by atoms with Crippen molar-refractivity contribution in [3.8, 4) is 5.88 Å². The van der Waals surface area contributed by atoms with Crippen molar-refractivity contribution in [2.24, 2.45) is 5.84 Å². The molecule has 1 unspecified atom stereocenters. The van der Waals surface area contributed by atoms with Gasteiger partial charge in [-0.2, -0.15) is 26.3 Å². The second-order valence-electron chi connectivity index (χ2n) is 8.02. The molecule has 7 nitrogen and oxygen atoms in total. The van der Waals surface area contributed by atoms with Gasteiger partial charge in [0, 0.05) is 10.9 Å². The maximum Gasteiger partial charge on any atom is 0.427 e. The molecule has 2 amide bonds. The first-order valence-corrected chi connectivity index (χ1v) is 12.0. The lowest BCUT2D eigenvalue weighted by atomic mass is 9.96. The summed E-state index contributed by atoms with van der Waals surface area (Å²) in [5, 5.41) is -0.399. The zero-order valence-corrected chi connectivity index (χ0v) is 21.9. The van der Waals surface area contributed by atoms with E-state index >= 15 is 0 Å². The number of allylic oxidation sites excluding steroid dienone is 1. The summed E-state index contributed by atoms with van der Waals surface area (Å²) in [5.41, 5.74) is -5.61. The van der Waals surface area contributed by atoms with Crippen molar-refractivity contribution in [3.63, 3.8) is 0 Å². The molecular formula is C25H24BrF6N3O4. The molecule has 1 atom stereocenters. The van der Waals surface area contributed by atoms with Gasteiger partial charge in [0.25, 0.3) is 11.8 Å². The molecule has 0 saturated heterocycles. The topological polar surface area (TPSA) is 94.8 Å². The maximum atomic E-state index is 14.3. The third kappa shape index (κ3) is 7.67. The van der Waals surface area contributed by atoms with Crippen LogP contribution in [0.3, 0.4) is 0 Å². The highest BCUT2D eigenvalue weighted by Gasteiger charge is 2.63. The molecule has 2 rings (SSSR count). The lowest BCUT2D eigenvalue weighted by Gasteiger charge is -2.35. The number of ether oxygens (including phenoxy) is 2. The number of pyridine rings is 1. The van der Waals surface area contributed by atoms with Gasteiger partial charge in [-0.3, -0.25) is 9.59 Å². The van der Waals surface area contributed by atoms with E-state index in [2.05, 4.69) is 34.1 Å². The first-order valence-electron chi connectivity index (χ1n) is 11.2. The van der Waals surface area contributed by atoms with Gasteiger partial charge in [-0.25, -0.2) is 15.8 Å². The predicted octanol–water partition coefficient (Wildman–Crippen LogP) is 6.14. The van der Waals surface area contributed by atoms with Crippen LogP contribution in [0.5, 0.6) is 5.88 Å². The average Bonchev–Trinajstić information content (AvgIpc) is 2.87. The zero-order chi connectivity index (χ0) is 29.4. The van der Waals surface area contributed by atoms with Crippen LogP contribution in [0.25, 0.3) is 0 Å². The molecule has 2 N–H and O–H groups in total. The normalized spacial score (nSPS) is 13.3. The number of amides is 2. The fourth-order valence-corrected chi connectivity index (χ4v) is 3.73. The highest BCUT2D eigenvalue weighted by atomic mass is 79.9. The smallest absolute Gasteiger partial charge is 0.427 e. The number of benzene rings is 1. The fraction of sp³-hybridized carbons (Fsp3) is 0.320. The summed E-state index contributed by atoms with van der Waals surface area (Å²) in [6, 6.07) is 8.03. The predicted molar refractivity (Wildman–Crippen MR) is 132 cm³/mol. The molecule has 1 heterocycles. The van der Waals surface area contributed by atoms with Crippen LogP contribution in [-0.4, -0.2) is 40.2 Å². The quantitative estimate of drug-likeness (QED) is 0.0762. The molecule has 0 fully saturated rings. The molecule has 39 heavy (non-hydrogen) atoms. The summed E-state index contributed by atoms with van der Waals surface area (Å²) in [6.45, 7) is 5.78. The third-order valence-electron chi connectivity index (χ3n) is 5.24. The van der Waals surface area contributed by atoms with Gasteiger partial charge in [-0.05, 0) is 40.4 Å². The van der Waals surface area contributed by atoms with E-state index in [-0.39, 0.29) is 18.6 Å². The van der Waals surface area contributed by atoms with Crippen molar-refractivity contribution in [3.05, 3.63) is 83.0 Å². The SMILES string of the molecule is C=CCCCOc1nc(C(=O)N(N)C(=O)C(CC=C)(OCc2ccccc2)C(F)(F)F)c(Br)cc1C(F)(F)F. The molecule has 0 bridgehead atoms. The average molecular weight is 624 g/mol. The second kappa shape index (κ2) is 13.2. The number of halogens is 7. The van der Waals surface area contributed by atoms with Gasteiger partial charge < -0.3 is 9.47 Å². The first-order chi connectivity index (χ1) is 18.2. The Hall–Kier alpha value is -3.23. The molecule has 0 aliphatic carbocycles. The standard InChI is InChI=1S/C25H24BrF6N3O4/c1-3-5-9-13-38-20-17(24(27,28)29)14-18(26)19(34-20)21(36)35(33)22(37)23(12-4-2,25(30,31)32)39-15-16-10-7-6-8-11-16/h3-4,6-8,10-11,14H,1-2,5,9,12-13,15,33H2. The Morgan fingerprint density at radius 3 is 2.26 bits per heavy atom. The summed E-state index contributed by atoms with van der Waals surface area (Å²) >= 11 is 2.75. The number of carbonyl (C=O) groups excluding carboxylic acids is 2. The molecular weight excluding hydrogens is 600 g/mol. The number of hydrogen-bond acceptors (Lipinski definition) is 6. The van der Waals surface area contributed by atoms with E-state index in [4.69, 9.17) is 15.3 Å². The van der Waals surface area contributed by atoms with Crippen LogP contribution in [-0.2, 0) is 22.3 Å². The largest absolute Gasteiger partial charge is 0.477 e. The van der Waals surface area contributed by atoms with Gasteiger partial charge in [-0.1, -0.05) is 42.5 Å². The Morgan fingerprint density at radius 1 is 1.08 bits per heavy atom. The summed E-state index contributed by atoms with van der Waals surface area (Å²) in [6.07, 6.45) is -8.53. The van der Waals surface area contributed by atoms with E-state index in [0.717, 1.165) is 6.08 Å². The third-order valence-corrected chi connectivity index (χ3v) is 5.85. The molecule has 0 aliphatic rings. The maximum absolute atomic E-state index is 14.3. The van der Waals surface area contributed by atoms with Gasteiger partial charge >= 0.3 is 12.4 Å². The Bertz CT molecular complexity index is 1190. The van der Waals surface area contributed by atoms with Gasteiger partial charge in [0.2, 0.25) is 11.5 Å². The van der Waals surface area contributed by atoms with Gasteiger partial charge in [0.1, 0.15) is 11.3 Å². The van der Waals surface area contributed by atoms with E-state index in [9.17, 15) is 35.9 Å². The number of carbonyl (C=O) groups is 2. The highest BCUT2D eigenvalue weighted by molar-refractivity contribution is 9.10. The van der Waals surface area contributed by atoms with E-state index in [1.165, 1.54) is 30.3 Å². The minimum absolute atomic E-state index is 0.244. The molecule has 0 radical (unpaired) electrons. The van der Waals surface area contributed by atoms with Crippen LogP contribution in [0.4, 0.5) is 26.3 Å². The number of alkyl halides is 6. The van der Waals surface area contributed by atoms with Crippen molar-refractivity contribution in [2.75, 3.05) is 6.61 Å². The van der Waals surface area contributed by atoms with Crippen LogP contribution in [0, 0.1) is 0 Å². The van der Waals surface area contributed by atoms with Crippen LogP contribution < -0.4 is 10.6 Å². The molecule has 212 valence electrons. The summed E-state index contributed by atoms with van der Waals surface area (Å²) < 4.78 is 93.1. The number of rotatable bonds is 12. The van der Waals surface area contributed by atoms with E-state index in [1.54, 1.807) is 6.07 Å². The zero-order valence-electron chi connectivity index (χ0n) is 20.3. The lowest BCUT2D eigenvalue weighted by Crippen LogP contribution is -2.62. The Balaban J connectivity index is 2.49. The number of hydrazine groups is 1. The minimum Gasteiger partial charge on any atom is -0.477 e. The van der Waals surface area contributed by atoms with Gasteiger partial charge in [0.15, 0.2) is 0 Å². The van der Waals surface area contributed by atoms with Crippen LogP contribution in [0.1, 0.15) is 40.9 Å². The first kappa shape index (κ1) is 32.0. The van der Waals surface area contributed by atoms with Gasteiger partial charge in [0.05, 0.1) is 13.2 Å². The number of aromatic nitrogens is 1. The molecule has 0 saturated carbocycles. The van der Waals surface area contributed by atoms with Crippen LogP contribution in [0.2, 0.25) is 0 Å². The molecule has 0 spiro atoms. The van der Waals surface area contributed by atoms with Gasteiger partial charge in [-0.15, -0.1) is 13.2 Å². The summed E-state index contributed by atoms with van der Waals surface area (Å²) in [7, 11) is 0. The molecule has 1 aromatic carbocycles. The number of imide groups is 1. The van der Waals surface area contributed by atoms with E-state index in [0.29, 0.717) is 12.5 Å². The monoisotopic (exact) mass is 623 g/mol. The Labute approximate surface area is 228 Å². The van der Waals surface area contributed by atoms with Crippen molar-refractivity contribution in [1.29, 1.82) is 0 Å².